The fourth-order valence-electron chi connectivity index (χ4n) is 1.74. The van der Waals surface area contributed by atoms with Gasteiger partial charge in [-0.2, -0.15) is 11.3 Å². The molecule has 18 heavy (non-hydrogen) atoms. The number of aromatic nitrogens is 2. The maximum absolute atomic E-state index is 13.6. The van der Waals surface area contributed by atoms with Crippen LogP contribution in [0.5, 0.6) is 0 Å². The molecule has 0 fully saturated rings. The fraction of sp³-hybridized carbons (Fsp3) is 0.0769. The molecule has 0 aliphatic rings. The van der Waals surface area contributed by atoms with E-state index < -0.39 is 0 Å². The summed E-state index contributed by atoms with van der Waals surface area (Å²) in [5.74, 6) is 0.241. The van der Waals surface area contributed by atoms with Gasteiger partial charge in [0.25, 0.3) is 0 Å². The van der Waals surface area contributed by atoms with E-state index in [1.54, 1.807) is 24.3 Å². The molecule has 0 unspecified atom stereocenters. The molecular weight excluding hydrogens is 271 g/mol. The van der Waals surface area contributed by atoms with Gasteiger partial charge in [0.15, 0.2) is 5.82 Å². The third-order valence-electron chi connectivity index (χ3n) is 2.71. The Hall–Kier alpha value is -1.52. The highest BCUT2D eigenvalue weighted by Crippen LogP contribution is 2.27. The van der Waals surface area contributed by atoms with E-state index in [1.165, 1.54) is 6.07 Å². The summed E-state index contributed by atoms with van der Waals surface area (Å²) in [5.41, 5.74) is 1.96. The van der Waals surface area contributed by atoms with Crippen LogP contribution in [0.4, 0.5) is 4.39 Å². The van der Waals surface area contributed by atoms with Gasteiger partial charge in [0.05, 0.1) is 5.52 Å². The zero-order valence-electron chi connectivity index (χ0n) is 9.45. The first kappa shape index (κ1) is 11.6. The Kier molecular flexibility index (Phi) is 2.76. The van der Waals surface area contributed by atoms with Crippen LogP contribution in [0.2, 0.25) is 5.15 Å². The van der Waals surface area contributed by atoms with Gasteiger partial charge >= 0.3 is 0 Å². The average molecular weight is 279 g/mol. The molecular formula is C13H8ClFN2S. The summed E-state index contributed by atoms with van der Waals surface area (Å²) in [6.45, 7) is 1.69. The lowest BCUT2D eigenvalue weighted by molar-refractivity contribution is 0.620. The normalized spacial score (nSPS) is 11.1. The molecule has 5 heteroatoms. The molecule has 3 aromatic rings. The van der Waals surface area contributed by atoms with Crippen molar-refractivity contribution >= 4 is 33.8 Å². The number of thiophene rings is 1. The molecule has 0 saturated carbocycles. The Balaban J connectivity index is 2.30. The number of aryl methyl sites for hydroxylation is 1. The molecule has 0 spiro atoms. The topological polar surface area (TPSA) is 25.8 Å². The molecule has 0 saturated heterocycles. The molecule has 0 bridgehead atoms. The van der Waals surface area contributed by atoms with E-state index in [1.807, 2.05) is 16.8 Å². The highest BCUT2D eigenvalue weighted by Gasteiger charge is 2.10. The maximum Gasteiger partial charge on any atom is 0.162 e. The molecule has 0 N–H and O–H groups in total. The molecule has 2 aromatic heterocycles. The van der Waals surface area contributed by atoms with Crippen molar-refractivity contribution in [3.63, 3.8) is 0 Å². The van der Waals surface area contributed by atoms with E-state index >= 15 is 0 Å². The summed E-state index contributed by atoms with van der Waals surface area (Å²) in [5, 5.41) is 4.90. The van der Waals surface area contributed by atoms with Gasteiger partial charge < -0.3 is 0 Å². The molecule has 2 nitrogen and oxygen atoms in total. The number of rotatable bonds is 1. The highest BCUT2D eigenvalue weighted by atomic mass is 35.5. The minimum absolute atomic E-state index is 0.284. The lowest BCUT2D eigenvalue weighted by Gasteiger charge is -2.05. The maximum atomic E-state index is 13.6. The standard InChI is InChI=1S/C13H8ClFN2S/c1-7-4-9-11(5-10(7)15)16-13(17-12(9)14)8-2-3-18-6-8/h2-6H,1H3. The largest absolute Gasteiger partial charge is 0.228 e. The van der Waals surface area contributed by atoms with E-state index in [0.717, 1.165) is 5.56 Å². The molecule has 0 amide bonds. The second-order valence-electron chi connectivity index (χ2n) is 3.97. The minimum atomic E-state index is -0.284. The van der Waals surface area contributed by atoms with Crippen LogP contribution in [-0.4, -0.2) is 9.97 Å². The van der Waals surface area contributed by atoms with Crippen molar-refractivity contribution in [1.29, 1.82) is 0 Å². The number of halogens is 2. The lowest BCUT2D eigenvalue weighted by atomic mass is 10.1. The molecule has 1 aromatic carbocycles. The van der Waals surface area contributed by atoms with Gasteiger partial charge in [-0.3, -0.25) is 0 Å². The Labute approximate surface area is 112 Å². The summed E-state index contributed by atoms with van der Waals surface area (Å²) in [4.78, 5) is 8.60. The van der Waals surface area contributed by atoms with Crippen LogP contribution in [0, 0.1) is 12.7 Å². The van der Waals surface area contributed by atoms with Gasteiger partial charge in [0.1, 0.15) is 11.0 Å². The quantitative estimate of drug-likeness (QED) is 0.614. The van der Waals surface area contributed by atoms with E-state index in [9.17, 15) is 4.39 Å². The van der Waals surface area contributed by atoms with Gasteiger partial charge in [-0.1, -0.05) is 11.6 Å². The molecule has 3 rings (SSSR count). The zero-order chi connectivity index (χ0) is 12.7. The Morgan fingerprint density at radius 3 is 2.83 bits per heavy atom. The van der Waals surface area contributed by atoms with E-state index in [2.05, 4.69) is 9.97 Å². The van der Waals surface area contributed by atoms with E-state index in [0.29, 0.717) is 27.4 Å². The van der Waals surface area contributed by atoms with Crippen LogP contribution in [0.3, 0.4) is 0 Å². The summed E-state index contributed by atoms with van der Waals surface area (Å²) in [6, 6.07) is 4.98. The predicted octanol–water partition coefficient (Wildman–Crippen LogP) is 4.46. The van der Waals surface area contributed by atoms with E-state index in [-0.39, 0.29) is 5.82 Å². The average Bonchev–Trinajstić information content (AvgIpc) is 2.85. The Morgan fingerprint density at radius 2 is 2.11 bits per heavy atom. The van der Waals surface area contributed by atoms with Crippen molar-refractivity contribution in [2.24, 2.45) is 0 Å². The van der Waals surface area contributed by atoms with E-state index in [4.69, 9.17) is 11.6 Å². The first-order valence-corrected chi connectivity index (χ1v) is 6.63. The summed E-state index contributed by atoms with van der Waals surface area (Å²) < 4.78 is 13.6. The number of fused-ring (bicyclic) bond motifs is 1. The van der Waals surface area contributed by atoms with Crippen LogP contribution in [0.15, 0.2) is 29.0 Å². The van der Waals surface area contributed by atoms with Gasteiger partial charge in [0.2, 0.25) is 0 Å². The molecule has 0 atom stereocenters. The minimum Gasteiger partial charge on any atom is -0.228 e. The number of nitrogens with zero attached hydrogens (tertiary/aromatic N) is 2. The highest BCUT2D eigenvalue weighted by molar-refractivity contribution is 7.08. The van der Waals surface area contributed by atoms with Gasteiger partial charge in [-0.25, -0.2) is 14.4 Å². The predicted molar refractivity (Wildman–Crippen MR) is 72.6 cm³/mol. The molecule has 90 valence electrons. The van der Waals surface area contributed by atoms with Gasteiger partial charge in [-0.05, 0) is 30.0 Å². The molecule has 0 aliphatic carbocycles. The van der Waals surface area contributed by atoms with Crippen molar-refractivity contribution in [3.05, 3.63) is 45.5 Å². The Bertz CT molecular complexity index is 725. The monoisotopic (exact) mass is 278 g/mol. The van der Waals surface area contributed by atoms with Crippen LogP contribution >= 0.6 is 22.9 Å². The third kappa shape index (κ3) is 1.87. The number of hydrogen-bond donors (Lipinski definition) is 0. The van der Waals surface area contributed by atoms with Crippen molar-refractivity contribution < 1.29 is 4.39 Å². The molecule has 0 aliphatic heterocycles. The van der Waals surface area contributed by atoms with Crippen molar-refractivity contribution in [1.82, 2.24) is 9.97 Å². The van der Waals surface area contributed by atoms with Crippen LogP contribution in [-0.2, 0) is 0 Å². The summed E-state index contributed by atoms with van der Waals surface area (Å²) in [6.07, 6.45) is 0. The van der Waals surface area contributed by atoms with Crippen molar-refractivity contribution in [2.75, 3.05) is 0 Å². The smallest absolute Gasteiger partial charge is 0.162 e. The molecule has 2 heterocycles. The molecule has 0 radical (unpaired) electrons. The Morgan fingerprint density at radius 1 is 1.28 bits per heavy atom. The van der Waals surface area contributed by atoms with Crippen LogP contribution in [0.25, 0.3) is 22.3 Å². The summed E-state index contributed by atoms with van der Waals surface area (Å²) in [7, 11) is 0. The van der Waals surface area contributed by atoms with Crippen molar-refractivity contribution in [2.45, 2.75) is 6.92 Å². The van der Waals surface area contributed by atoms with Gasteiger partial charge in [0, 0.05) is 22.4 Å². The van der Waals surface area contributed by atoms with Gasteiger partial charge in [-0.15, -0.1) is 0 Å². The first-order valence-electron chi connectivity index (χ1n) is 5.31. The SMILES string of the molecule is Cc1cc2c(Cl)nc(-c3ccsc3)nc2cc1F. The number of benzene rings is 1. The fourth-order valence-corrected chi connectivity index (χ4v) is 2.61. The second kappa shape index (κ2) is 4.30. The lowest BCUT2D eigenvalue weighted by Crippen LogP contribution is -1.93. The zero-order valence-corrected chi connectivity index (χ0v) is 11.0. The van der Waals surface area contributed by atoms with Crippen LogP contribution < -0.4 is 0 Å². The van der Waals surface area contributed by atoms with Crippen LogP contribution in [0.1, 0.15) is 5.56 Å². The number of hydrogen-bond acceptors (Lipinski definition) is 3. The second-order valence-corrected chi connectivity index (χ2v) is 5.11. The summed E-state index contributed by atoms with van der Waals surface area (Å²) >= 11 is 7.69. The first-order chi connectivity index (χ1) is 8.65. The van der Waals surface area contributed by atoms with Crippen molar-refractivity contribution in [3.8, 4) is 11.4 Å². The third-order valence-corrected chi connectivity index (χ3v) is 3.68.